The van der Waals surface area contributed by atoms with Crippen molar-refractivity contribution in [2.24, 2.45) is 5.92 Å². The molecule has 82 valence electrons. The molecule has 0 aromatic carbocycles. The van der Waals surface area contributed by atoms with Gasteiger partial charge in [-0.15, -0.1) is 11.6 Å². The molecule has 4 heteroatoms. The first-order valence-electron chi connectivity index (χ1n) is 4.75. The maximum Gasteiger partial charge on any atom is 0.308 e. The summed E-state index contributed by atoms with van der Waals surface area (Å²) < 4.78 is 4.65. The minimum Gasteiger partial charge on any atom is -0.469 e. The van der Waals surface area contributed by atoms with Crippen LogP contribution in [0.2, 0.25) is 0 Å². The Kier molecular flexibility index (Phi) is 4.56. The van der Waals surface area contributed by atoms with Gasteiger partial charge < -0.3 is 4.74 Å². The SMILES string of the molecule is COC(=O)[C@@H](C)Cc1ccc(CCl)nc1. The quantitative estimate of drug-likeness (QED) is 0.585. The molecule has 1 rings (SSSR count). The first-order valence-corrected chi connectivity index (χ1v) is 5.28. The summed E-state index contributed by atoms with van der Waals surface area (Å²) in [4.78, 5) is 15.3. The van der Waals surface area contributed by atoms with E-state index < -0.39 is 0 Å². The second-order valence-corrected chi connectivity index (χ2v) is 3.69. The molecule has 0 saturated heterocycles. The van der Waals surface area contributed by atoms with Crippen molar-refractivity contribution in [1.82, 2.24) is 4.98 Å². The Morgan fingerprint density at radius 2 is 2.33 bits per heavy atom. The summed E-state index contributed by atoms with van der Waals surface area (Å²) in [7, 11) is 1.40. The molecule has 1 atom stereocenters. The minimum absolute atomic E-state index is 0.140. The van der Waals surface area contributed by atoms with E-state index in [9.17, 15) is 4.79 Å². The Labute approximate surface area is 94.4 Å². The van der Waals surface area contributed by atoms with Gasteiger partial charge in [0.25, 0.3) is 0 Å². The van der Waals surface area contributed by atoms with Crippen molar-refractivity contribution in [1.29, 1.82) is 0 Å². The highest BCUT2D eigenvalue weighted by Gasteiger charge is 2.13. The van der Waals surface area contributed by atoms with Crippen LogP contribution in [0.4, 0.5) is 0 Å². The molecule has 1 heterocycles. The molecule has 0 N–H and O–H groups in total. The normalized spacial score (nSPS) is 12.2. The molecule has 1 aromatic heterocycles. The molecule has 0 aliphatic carbocycles. The maximum absolute atomic E-state index is 11.2. The number of nitrogens with zero attached hydrogens (tertiary/aromatic N) is 1. The van der Waals surface area contributed by atoms with Gasteiger partial charge in [0.2, 0.25) is 0 Å². The summed E-state index contributed by atoms with van der Waals surface area (Å²) in [5.74, 6) is 0.0717. The molecule has 0 radical (unpaired) electrons. The number of hydrogen-bond acceptors (Lipinski definition) is 3. The van der Waals surface area contributed by atoms with Crippen LogP contribution in [0.3, 0.4) is 0 Å². The fraction of sp³-hybridized carbons (Fsp3) is 0.455. The van der Waals surface area contributed by atoms with E-state index in [2.05, 4.69) is 9.72 Å². The third-order valence-electron chi connectivity index (χ3n) is 2.17. The lowest BCUT2D eigenvalue weighted by atomic mass is 10.0. The summed E-state index contributed by atoms with van der Waals surface area (Å²) in [6.07, 6.45) is 2.39. The van der Waals surface area contributed by atoms with Gasteiger partial charge in [0, 0.05) is 6.20 Å². The Hall–Kier alpha value is -1.09. The first-order chi connectivity index (χ1) is 7.17. The van der Waals surface area contributed by atoms with Gasteiger partial charge in [0.15, 0.2) is 0 Å². The maximum atomic E-state index is 11.2. The van der Waals surface area contributed by atoms with E-state index in [0.29, 0.717) is 12.3 Å². The molecule has 3 nitrogen and oxygen atoms in total. The number of carbonyl (C=O) groups excluding carboxylic acids is 1. The minimum atomic E-state index is -0.198. The highest BCUT2D eigenvalue weighted by Crippen LogP contribution is 2.10. The van der Waals surface area contributed by atoms with Crippen molar-refractivity contribution in [3.63, 3.8) is 0 Å². The summed E-state index contributed by atoms with van der Waals surface area (Å²) in [5, 5.41) is 0. The number of methoxy groups -OCH3 is 1. The monoisotopic (exact) mass is 227 g/mol. The largest absolute Gasteiger partial charge is 0.469 e. The molecule has 0 unspecified atom stereocenters. The molecule has 0 spiro atoms. The van der Waals surface area contributed by atoms with Crippen LogP contribution in [0.5, 0.6) is 0 Å². The number of alkyl halides is 1. The zero-order chi connectivity index (χ0) is 11.3. The van der Waals surface area contributed by atoms with E-state index in [-0.39, 0.29) is 11.9 Å². The Morgan fingerprint density at radius 3 is 2.80 bits per heavy atom. The second kappa shape index (κ2) is 5.71. The van der Waals surface area contributed by atoms with Gasteiger partial charge in [-0.3, -0.25) is 9.78 Å². The van der Waals surface area contributed by atoms with Gasteiger partial charge in [0.1, 0.15) is 0 Å². The van der Waals surface area contributed by atoms with Crippen molar-refractivity contribution in [2.75, 3.05) is 7.11 Å². The Bertz CT molecular complexity index is 324. The molecule has 0 aliphatic rings. The molecule has 15 heavy (non-hydrogen) atoms. The smallest absolute Gasteiger partial charge is 0.308 e. The van der Waals surface area contributed by atoms with Gasteiger partial charge in [-0.1, -0.05) is 13.0 Å². The number of rotatable bonds is 4. The Morgan fingerprint density at radius 1 is 1.60 bits per heavy atom. The molecule has 1 aromatic rings. The van der Waals surface area contributed by atoms with Gasteiger partial charge in [-0.2, -0.15) is 0 Å². The second-order valence-electron chi connectivity index (χ2n) is 3.42. The van der Waals surface area contributed by atoms with Crippen LogP contribution in [0.25, 0.3) is 0 Å². The van der Waals surface area contributed by atoms with Crippen LogP contribution >= 0.6 is 11.6 Å². The zero-order valence-electron chi connectivity index (χ0n) is 8.87. The predicted octanol–water partition coefficient (Wildman–Crippen LogP) is 2.17. The average molecular weight is 228 g/mol. The van der Waals surface area contributed by atoms with Crippen LogP contribution in [0, 0.1) is 5.92 Å². The van der Waals surface area contributed by atoms with E-state index in [4.69, 9.17) is 11.6 Å². The molecule has 0 aliphatic heterocycles. The van der Waals surface area contributed by atoms with Gasteiger partial charge in [0.05, 0.1) is 24.6 Å². The standard InChI is InChI=1S/C11H14ClNO2/c1-8(11(14)15-2)5-9-3-4-10(6-12)13-7-9/h3-4,7-8H,5-6H2,1-2H3/t8-/m0/s1. The highest BCUT2D eigenvalue weighted by molar-refractivity contribution is 6.16. The molecular formula is C11H14ClNO2. The summed E-state index contributed by atoms with van der Waals surface area (Å²) in [6.45, 7) is 1.83. The number of ether oxygens (including phenoxy) is 1. The van der Waals surface area contributed by atoms with Crippen LogP contribution < -0.4 is 0 Å². The van der Waals surface area contributed by atoms with E-state index in [1.807, 2.05) is 19.1 Å². The van der Waals surface area contributed by atoms with Crippen molar-refractivity contribution in [3.05, 3.63) is 29.6 Å². The van der Waals surface area contributed by atoms with Gasteiger partial charge >= 0.3 is 5.97 Å². The predicted molar refractivity (Wildman–Crippen MR) is 58.7 cm³/mol. The fourth-order valence-electron chi connectivity index (χ4n) is 1.29. The van der Waals surface area contributed by atoms with Gasteiger partial charge in [-0.05, 0) is 18.1 Å². The lowest BCUT2D eigenvalue weighted by molar-refractivity contribution is -0.144. The van der Waals surface area contributed by atoms with E-state index in [1.54, 1.807) is 6.20 Å². The Balaban J connectivity index is 2.60. The van der Waals surface area contributed by atoms with Crippen LogP contribution in [-0.2, 0) is 21.8 Å². The number of halogens is 1. The molecule has 0 fully saturated rings. The zero-order valence-corrected chi connectivity index (χ0v) is 9.62. The molecule has 0 bridgehead atoms. The first kappa shape index (κ1) is 12.0. The van der Waals surface area contributed by atoms with Crippen LogP contribution in [0.15, 0.2) is 18.3 Å². The average Bonchev–Trinajstić information content (AvgIpc) is 2.29. The molecular weight excluding hydrogens is 214 g/mol. The molecule has 0 saturated carbocycles. The number of esters is 1. The molecule has 0 amide bonds. The number of pyridine rings is 1. The topological polar surface area (TPSA) is 39.2 Å². The van der Waals surface area contributed by atoms with Crippen molar-refractivity contribution >= 4 is 17.6 Å². The van der Waals surface area contributed by atoms with Crippen molar-refractivity contribution in [2.45, 2.75) is 19.2 Å². The third-order valence-corrected chi connectivity index (χ3v) is 2.44. The van der Waals surface area contributed by atoms with Gasteiger partial charge in [-0.25, -0.2) is 0 Å². The third kappa shape index (κ3) is 3.51. The number of aromatic nitrogens is 1. The fourth-order valence-corrected chi connectivity index (χ4v) is 1.45. The van der Waals surface area contributed by atoms with Crippen LogP contribution in [0.1, 0.15) is 18.2 Å². The summed E-state index contributed by atoms with van der Waals surface area (Å²) in [5.41, 5.74) is 1.85. The number of hydrogen-bond donors (Lipinski definition) is 0. The summed E-state index contributed by atoms with van der Waals surface area (Å²) in [6, 6.07) is 3.80. The van der Waals surface area contributed by atoms with E-state index in [1.165, 1.54) is 7.11 Å². The van der Waals surface area contributed by atoms with Crippen LogP contribution in [-0.4, -0.2) is 18.1 Å². The number of carbonyl (C=O) groups is 1. The van der Waals surface area contributed by atoms with E-state index >= 15 is 0 Å². The van der Waals surface area contributed by atoms with Crippen molar-refractivity contribution < 1.29 is 9.53 Å². The lowest BCUT2D eigenvalue weighted by Gasteiger charge is -2.08. The van der Waals surface area contributed by atoms with Crippen molar-refractivity contribution in [3.8, 4) is 0 Å². The summed E-state index contributed by atoms with van der Waals surface area (Å²) >= 11 is 5.62. The highest BCUT2D eigenvalue weighted by atomic mass is 35.5. The van der Waals surface area contributed by atoms with E-state index in [0.717, 1.165) is 11.3 Å². The lowest BCUT2D eigenvalue weighted by Crippen LogP contribution is -2.15.